The van der Waals surface area contributed by atoms with Crippen molar-refractivity contribution in [2.75, 3.05) is 26.3 Å². The summed E-state index contributed by atoms with van der Waals surface area (Å²) in [5.74, 6) is -0.620. The molecule has 1 rings (SSSR count). The number of nitrogens with one attached hydrogen (secondary N) is 1. The molecule has 5 N–H and O–H groups in total. The number of hydrogen-bond donors (Lipinski definition) is 4. The topological polar surface area (TPSA) is 140 Å². The van der Waals surface area contributed by atoms with E-state index in [0.717, 1.165) is 0 Å². The molecule has 0 radical (unpaired) electrons. The summed E-state index contributed by atoms with van der Waals surface area (Å²) >= 11 is 0. The minimum Gasteiger partial charge on any atom is -0.394 e. The van der Waals surface area contributed by atoms with E-state index in [2.05, 4.69) is 20.3 Å². The number of nitrogens with zero attached hydrogens (tertiary/aromatic N) is 4. The molecule has 9 heteroatoms. The Bertz CT molecular complexity index is 384. The highest BCUT2D eigenvalue weighted by Gasteiger charge is 2.10. The van der Waals surface area contributed by atoms with Crippen molar-refractivity contribution >= 4 is 11.7 Å². The first kappa shape index (κ1) is 13.1. The summed E-state index contributed by atoms with van der Waals surface area (Å²) < 4.78 is 0. The smallest absolute Gasteiger partial charge is 0.269 e. The molecule has 1 aromatic rings. The minimum absolute atomic E-state index is 0.0571. The second-order valence-corrected chi connectivity index (χ2v) is 3.06. The van der Waals surface area contributed by atoms with Gasteiger partial charge in [-0.2, -0.15) is 0 Å². The number of aliphatic hydroxyl groups excluding tert-OH is 2. The highest BCUT2D eigenvalue weighted by molar-refractivity contribution is 5.94. The van der Waals surface area contributed by atoms with Crippen molar-refractivity contribution in [1.82, 2.24) is 15.0 Å². The van der Waals surface area contributed by atoms with Crippen LogP contribution in [0.1, 0.15) is 10.5 Å². The van der Waals surface area contributed by atoms with Gasteiger partial charge in [0.25, 0.3) is 5.91 Å². The SMILES string of the molecule is NC(=O)c1[nH]cnc1N=NN(CCO)CCO. The summed E-state index contributed by atoms with van der Waals surface area (Å²) in [5, 5.41) is 26.3. The number of carbonyl (C=O) groups excluding carboxylic acids is 1. The van der Waals surface area contributed by atoms with Crippen molar-refractivity contribution in [1.29, 1.82) is 0 Å². The van der Waals surface area contributed by atoms with E-state index < -0.39 is 5.91 Å². The molecule has 1 heterocycles. The number of rotatable bonds is 7. The van der Waals surface area contributed by atoms with Gasteiger partial charge in [0.15, 0.2) is 5.69 Å². The molecule has 0 saturated heterocycles. The Morgan fingerprint density at radius 3 is 2.65 bits per heavy atom. The van der Waals surface area contributed by atoms with Gasteiger partial charge in [0.1, 0.15) is 0 Å². The van der Waals surface area contributed by atoms with Crippen molar-refractivity contribution in [3.05, 3.63) is 12.0 Å². The Balaban J connectivity index is 2.73. The molecule has 0 bridgehead atoms. The number of carbonyl (C=O) groups is 1. The second-order valence-electron chi connectivity index (χ2n) is 3.06. The van der Waals surface area contributed by atoms with Gasteiger partial charge in [-0.05, 0) is 0 Å². The van der Waals surface area contributed by atoms with Crippen LogP contribution in [-0.2, 0) is 0 Å². The first-order chi connectivity index (χ1) is 8.19. The fourth-order valence-corrected chi connectivity index (χ4v) is 1.08. The molecule has 0 aliphatic heterocycles. The first-order valence-corrected chi connectivity index (χ1v) is 4.90. The van der Waals surface area contributed by atoms with Gasteiger partial charge in [-0.25, -0.2) is 4.98 Å². The lowest BCUT2D eigenvalue weighted by Gasteiger charge is -2.13. The maximum atomic E-state index is 10.9. The number of hydrogen-bond acceptors (Lipinski definition) is 6. The summed E-state index contributed by atoms with van der Waals surface area (Å²) in [4.78, 5) is 17.2. The Morgan fingerprint density at radius 1 is 1.47 bits per heavy atom. The molecule has 0 fully saturated rings. The van der Waals surface area contributed by atoms with Gasteiger partial charge in [-0.15, -0.1) is 5.11 Å². The van der Waals surface area contributed by atoms with E-state index in [-0.39, 0.29) is 37.8 Å². The van der Waals surface area contributed by atoms with Crippen LogP contribution in [0.5, 0.6) is 0 Å². The van der Waals surface area contributed by atoms with Crippen molar-refractivity contribution in [3.63, 3.8) is 0 Å². The summed E-state index contributed by atoms with van der Waals surface area (Å²) in [5.41, 5.74) is 5.13. The lowest BCUT2D eigenvalue weighted by Crippen LogP contribution is -2.24. The van der Waals surface area contributed by atoms with Crippen molar-refractivity contribution in [2.24, 2.45) is 16.1 Å². The van der Waals surface area contributed by atoms with Crippen LogP contribution in [0.3, 0.4) is 0 Å². The number of imidazole rings is 1. The third kappa shape index (κ3) is 3.81. The van der Waals surface area contributed by atoms with Crippen LogP contribution in [0, 0.1) is 0 Å². The normalized spacial score (nSPS) is 10.9. The molecular weight excluding hydrogens is 228 g/mol. The lowest BCUT2D eigenvalue weighted by molar-refractivity contribution is 0.0996. The third-order valence-corrected chi connectivity index (χ3v) is 1.85. The van der Waals surface area contributed by atoms with Crippen LogP contribution in [0.25, 0.3) is 0 Å². The van der Waals surface area contributed by atoms with Gasteiger partial charge in [-0.1, -0.05) is 5.22 Å². The lowest BCUT2D eigenvalue weighted by atomic mass is 10.4. The summed E-state index contributed by atoms with van der Waals surface area (Å²) in [6, 6.07) is 0. The molecular formula is C8H14N6O3. The molecule has 9 nitrogen and oxygen atoms in total. The number of aromatic amines is 1. The zero-order valence-electron chi connectivity index (χ0n) is 9.07. The van der Waals surface area contributed by atoms with Gasteiger partial charge >= 0.3 is 0 Å². The third-order valence-electron chi connectivity index (χ3n) is 1.85. The number of aromatic nitrogens is 2. The molecule has 1 amide bonds. The second kappa shape index (κ2) is 6.55. The van der Waals surface area contributed by atoms with E-state index >= 15 is 0 Å². The zero-order valence-corrected chi connectivity index (χ0v) is 9.07. The molecule has 0 saturated carbocycles. The minimum atomic E-state index is -0.688. The highest BCUT2D eigenvalue weighted by Crippen LogP contribution is 2.13. The predicted octanol–water partition coefficient (Wildman–Crippen LogP) is -1.21. The van der Waals surface area contributed by atoms with Gasteiger partial charge in [0, 0.05) is 0 Å². The van der Waals surface area contributed by atoms with Crippen molar-refractivity contribution in [3.8, 4) is 0 Å². The van der Waals surface area contributed by atoms with E-state index in [0.29, 0.717) is 0 Å². The molecule has 0 aromatic carbocycles. The van der Waals surface area contributed by atoms with Gasteiger partial charge in [0.05, 0.1) is 32.6 Å². The highest BCUT2D eigenvalue weighted by atomic mass is 16.3. The van der Waals surface area contributed by atoms with Crippen LogP contribution in [0.15, 0.2) is 16.7 Å². The van der Waals surface area contributed by atoms with Gasteiger partial charge < -0.3 is 20.9 Å². The number of nitrogens with two attached hydrogens (primary N) is 1. The van der Waals surface area contributed by atoms with Crippen LogP contribution in [-0.4, -0.2) is 57.4 Å². The Morgan fingerprint density at radius 2 is 2.12 bits per heavy atom. The predicted molar refractivity (Wildman–Crippen MR) is 57.4 cm³/mol. The largest absolute Gasteiger partial charge is 0.394 e. The summed E-state index contributed by atoms with van der Waals surface area (Å²) in [6.45, 7) is 0.200. The molecule has 0 atom stereocenters. The molecule has 17 heavy (non-hydrogen) atoms. The quantitative estimate of drug-likeness (QED) is 0.351. The fraction of sp³-hybridized carbons (Fsp3) is 0.500. The summed E-state index contributed by atoms with van der Waals surface area (Å²) in [6.07, 6.45) is 1.27. The molecule has 0 aliphatic rings. The number of H-pyrrole nitrogens is 1. The van der Waals surface area contributed by atoms with Crippen LogP contribution in [0.2, 0.25) is 0 Å². The van der Waals surface area contributed by atoms with E-state index in [1.54, 1.807) is 0 Å². The Labute approximate surface area is 97.0 Å². The fourth-order valence-electron chi connectivity index (χ4n) is 1.08. The molecule has 0 unspecified atom stereocenters. The Kier molecular flexibility index (Phi) is 5.04. The maximum Gasteiger partial charge on any atom is 0.269 e. The van der Waals surface area contributed by atoms with Gasteiger partial charge in [0.2, 0.25) is 5.82 Å². The zero-order chi connectivity index (χ0) is 12.7. The monoisotopic (exact) mass is 242 g/mol. The average Bonchev–Trinajstić information content (AvgIpc) is 2.74. The Hall–Kier alpha value is -2.00. The standard InChI is InChI=1S/C8H14N6O3/c9-7(17)6-8(11-5-10-6)12-13-14(1-3-15)2-4-16/h5,15-16H,1-4H2,(H2,9,17)(H,10,11). The number of amides is 1. The number of aliphatic hydroxyl groups is 2. The van der Waals surface area contributed by atoms with Crippen LogP contribution < -0.4 is 5.73 Å². The van der Waals surface area contributed by atoms with Crippen LogP contribution >= 0.6 is 0 Å². The van der Waals surface area contributed by atoms with E-state index in [9.17, 15) is 4.79 Å². The molecule has 1 aromatic heterocycles. The van der Waals surface area contributed by atoms with Crippen molar-refractivity contribution in [2.45, 2.75) is 0 Å². The first-order valence-electron chi connectivity index (χ1n) is 4.90. The van der Waals surface area contributed by atoms with E-state index in [1.807, 2.05) is 0 Å². The number of primary amides is 1. The van der Waals surface area contributed by atoms with Gasteiger partial charge in [-0.3, -0.25) is 9.80 Å². The van der Waals surface area contributed by atoms with Crippen LogP contribution in [0.4, 0.5) is 5.82 Å². The molecule has 94 valence electrons. The maximum absolute atomic E-state index is 10.9. The molecule has 0 aliphatic carbocycles. The van der Waals surface area contributed by atoms with Crippen molar-refractivity contribution < 1.29 is 15.0 Å². The van der Waals surface area contributed by atoms with E-state index in [4.69, 9.17) is 15.9 Å². The summed E-state index contributed by atoms with van der Waals surface area (Å²) in [7, 11) is 0. The van der Waals surface area contributed by atoms with E-state index in [1.165, 1.54) is 11.3 Å². The average molecular weight is 242 g/mol. The molecule has 0 spiro atoms.